The van der Waals surface area contributed by atoms with Crippen LogP contribution in [-0.2, 0) is 20.4 Å². The molecule has 0 saturated carbocycles. The van der Waals surface area contributed by atoms with E-state index in [1.54, 1.807) is 12.1 Å². The highest BCUT2D eigenvalue weighted by atomic mass is 32.2. The van der Waals surface area contributed by atoms with Gasteiger partial charge in [-0.1, -0.05) is 0 Å². The van der Waals surface area contributed by atoms with Crippen molar-refractivity contribution < 1.29 is 31.9 Å². The maximum Gasteiger partial charge on any atom is 0.235 e. The fraction of sp³-hybridized carbons (Fsp3) is 0.150. The van der Waals surface area contributed by atoms with Crippen LogP contribution in [0.5, 0.6) is 0 Å². The molecule has 0 unspecified atom stereocenters. The van der Waals surface area contributed by atoms with E-state index in [1.165, 1.54) is 32.3 Å². The maximum atomic E-state index is 14.0. The summed E-state index contributed by atoms with van der Waals surface area (Å²) in [6.45, 7) is 2.84. The number of halogens is 2. The van der Waals surface area contributed by atoms with Gasteiger partial charge in [-0.2, -0.15) is 0 Å². The van der Waals surface area contributed by atoms with Crippen LogP contribution in [0.25, 0.3) is 11.1 Å². The number of anilines is 1. The zero-order valence-electron chi connectivity index (χ0n) is 16.1. The molecule has 3 rings (SSSR count). The van der Waals surface area contributed by atoms with E-state index in [0.717, 1.165) is 16.9 Å². The van der Waals surface area contributed by atoms with Crippen LogP contribution in [0.4, 0.5) is 14.6 Å². The summed E-state index contributed by atoms with van der Waals surface area (Å²) < 4.78 is 53.3. The summed E-state index contributed by atoms with van der Waals surface area (Å²) in [4.78, 5) is 14.6. The summed E-state index contributed by atoms with van der Waals surface area (Å²) in [5.41, 5.74) is 1.46. The number of nitrogens with one attached hydrogen (secondary N) is 1. The average molecular weight is 434 g/mol. The number of benzene rings is 1. The van der Waals surface area contributed by atoms with E-state index < -0.39 is 32.1 Å². The van der Waals surface area contributed by atoms with Crippen molar-refractivity contribution in [2.24, 2.45) is 0 Å². The first kappa shape index (κ1) is 21.3. The van der Waals surface area contributed by atoms with Crippen molar-refractivity contribution in [3.63, 3.8) is 0 Å². The number of aromatic nitrogens is 2. The molecule has 0 aliphatic rings. The number of hydrogen-bond donors (Lipinski definition) is 2. The molecular weight excluding hydrogens is 416 g/mol. The van der Waals surface area contributed by atoms with Gasteiger partial charge in [0.1, 0.15) is 22.3 Å². The van der Waals surface area contributed by atoms with Crippen molar-refractivity contribution in [2.45, 2.75) is 24.5 Å². The number of hydrogen-bond acceptors (Lipinski definition) is 5. The van der Waals surface area contributed by atoms with Gasteiger partial charge in [-0.25, -0.2) is 22.2 Å². The Balaban J connectivity index is 2.03. The van der Waals surface area contributed by atoms with E-state index in [-0.39, 0.29) is 23.0 Å². The normalized spacial score (nSPS) is 11.3. The summed E-state index contributed by atoms with van der Waals surface area (Å²) in [5, 5.41) is 12.8. The maximum absolute atomic E-state index is 14.0. The van der Waals surface area contributed by atoms with Gasteiger partial charge in [0, 0.05) is 36.4 Å². The molecule has 0 atom stereocenters. The summed E-state index contributed by atoms with van der Waals surface area (Å²) in [6.07, 6.45) is 2.82. The zero-order valence-corrected chi connectivity index (χ0v) is 16.9. The Kier molecular flexibility index (Phi) is 5.79. The van der Waals surface area contributed by atoms with E-state index in [2.05, 4.69) is 10.3 Å². The molecule has 7 nitrogen and oxygen atoms in total. The first-order valence-electron chi connectivity index (χ1n) is 8.73. The van der Waals surface area contributed by atoms with Gasteiger partial charge in [-0.05, 0) is 35.9 Å². The Labute approximate surface area is 171 Å². The molecule has 1 aromatic carbocycles. The number of sulfone groups is 1. The van der Waals surface area contributed by atoms with Gasteiger partial charge >= 0.3 is 0 Å². The highest BCUT2D eigenvalue weighted by Crippen LogP contribution is 2.25. The lowest BCUT2D eigenvalue weighted by molar-refractivity contribution is -0.908. The van der Waals surface area contributed by atoms with E-state index >= 15 is 0 Å². The standard InChI is InChI=1S/C20H17F2N3O4S/c1-12-16(11-30(28,29)19-4-3-17(21)9-18(19)22)7-15(10-25(12)27)14-5-6-23-20(8-14)24-13(2)26/h3-10H,11H2,1-2H3,(H-,23,24,26,27)/p+1. The Morgan fingerprint density at radius 3 is 2.57 bits per heavy atom. The van der Waals surface area contributed by atoms with E-state index in [9.17, 15) is 27.2 Å². The predicted molar refractivity (Wildman–Crippen MR) is 103 cm³/mol. The van der Waals surface area contributed by atoms with Gasteiger partial charge in [0.2, 0.25) is 17.8 Å². The van der Waals surface area contributed by atoms with E-state index in [0.29, 0.717) is 17.2 Å². The van der Waals surface area contributed by atoms with Crippen molar-refractivity contribution >= 4 is 21.6 Å². The first-order chi connectivity index (χ1) is 14.1. The minimum atomic E-state index is -4.16. The Morgan fingerprint density at radius 2 is 1.90 bits per heavy atom. The monoisotopic (exact) mass is 434 g/mol. The summed E-state index contributed by atoms with van der Waals surface area (Å²) in [6, 6.07) is 6.95. The second-order valence-electron chi connectivity index (χ2n) is 6.63. The van der Waals surface area contributed by atoms with Crippen LogP contribution in [-0.4, -0.2) is 24.5 Å². The number of carbonyl (C=O) groups is 1. The third-order valence-corrected chi connectivity index (χ3v) is 6.06. The Hall–Kier alpha value is -3.40. The number of rotatable bonds is 5. The van der Waals surface area contributed by atoms with Gasteiger partial charge in [0.05, 0.1) is 11.3 Å². The Morgan fingerprint density at radius 1 is 1.17 bits per heavy atom. The van der Waals surface area contributed by atoms with Crippen LogP contribution in [0, 0.1) is 18.6 Å². The molecule has 10 heteroatoms. The molecule has 0 aliphatic heterocycles. The molecule has 0 fully saturated rings. The average Bonchev–Trinajstić information content (AvgIpc) is 2.64. The number of nitrogens with zero attached hydrogens (tertiary/aromatic N) is 2. The van der Waals surface area contributed by atoms with Gasteiger partial charge in [-0.3, -0.25) is 10.0 Å². The fourth-order valence-electron chi connectivity index (χ4n) is 2.88. The summed E-state index contributed by atoms with van der Waals surface area (Å²) in [5.74, 6) is -2.71. The van der Waals surface area contributed by atoms with Gasteiger partial charge in [0.25, 0.3) is 0 Å². The minimum Gasteiger partial charge on any atom is -0.311 e. The summed E-state index contributed by atoms with van der Waals surface area (Å²) >= 11 is 0. The minimum absolute atomic E-state index is 0.219. The molecule has 0 aliphatic carbocycles. The van der Waals surface area contributed by atoms with Crippen LogP contribution in [0.1, 0.15) is 18.2 Å². The second kappa shape index (κ2) is 8.15. The predicted octanol–water partition coefficient (Wildman–Crippen LogP) is 2.79. The molecule has 30 heavy (non-hydrogen) atoms. The third kappa shape index (κ3) is 4.60. The molecule has 0 saturated heterocycles. The van der Waals surface area contributed by atoms with Crippen LogP contribution in [0.15, 0.2) is 53.7 Å². The lowest BCUT2D eigenvalue weighted by Gasteiger charge is -2.09. The Bertz CT molecular complexity index is 1250. The highest BCUT2D eigenvalue weighted by Gasteiger charge is 2.25. The van der Waals surface area contributed by atoms with Gasteiger partial charge in [-0.15, -0.1) is 0 Å². The highest BCUT2D eigenvalue weighted by molar-refractivity contribution is 7.90. The van der Waals surface area contributed by atoms with Crippen LogP contribution in [0.3, 0.4) is 0 Å². The van der Waals surface area contributed by atoms with Crippen LogP contribution in [0.2, 0.25) is 0 Å². The smallest absolute Gasteiger partial charge is 0.235 e. The number of carbonyl (C=O) groups excluding carboxylic acids is 1. The molecule has 2 heterocycles. The number of pyridine rings is 2. The fourth-order valence-corrected chi connectivity index (χ4v) is 4.37. The molecule has 1 amide bonds. The zero-order chi connectivity index (χ0) is 22.1. The van der Waals surface area contributed by atoms with Gasteiger partial charge in [0.15, 0.2) is 9.84 Å². The molecule has 0 bridgehead atoms. The number of amides is 1. The first-order valence-corrected chi connectivity index (χ1v) is 10.4. The molecule has 156 valence electrons. The van der Waals surface area contributed by atoms with E-state index in [4.69, 9.17) is 0 Å². The van der Waals surface area contributed by atoms with E-state index in [1.807, 2.05) is 0 Å². The largest absolute Gasteiger partial charge is 0.311 e. The molecule has 2 aromatic heterocycles. The molecule has 0 radical (unpaired) electrons. The quantitative estimate of drug-likeness (QED) is 0.365. The van der Waals surface area contributed by atoms with Crippen LogP contribution < -0.4 is 10.0 Å². The van der Waals surface area contributed by atoms with Crippen molar-refractivity contribution in [3.8, 4) is 11.1 Å². The van der Waals surface area contributed by atoms with Crippen molar-refractivity contribution in [1.29, 1.82) is 0 Å². The van der Waals surface area contributed by atoms with Crippen LogP contribution >= 0.6 is 0 Å². The summed E-state index contributed by atoms with van der Waals surface area (Å²) in [7, 11) is -4.16. The molecule has 0 spiro atoms. The van der Waals surface area contributed by atoms with Crippen molar-refractivity contribution in [1.82, 2.24) is 4.98 Å². The third-order valence-electron chi connectivity index (χ3n) is 4.37. The molecule has 2 N–H and O–H groups in total. The second-order valence-corrected chi connectivity index (χ2v) is 8.59. The SMILES string of the molecule is CC(=O)Nc1cc(-c2cc(CS(=O)(=O)c3ccc(F)cc3F)c(C)[n+](O)c2)ccn1. The van der Waals surface area contributed by atoms with Gasteiger partial charge < -0.3 is 5.32 Å². The van der Waals surface area contributed by atoms with Crippen molar-refractivity contribution in [3.05, 3.63) is 71.7 Å². The molecule has 3 aromatic rings. The lowest BCUT2D eigenvalue weighted by Crippen LogP contribution is -2.35. The van der Waals surface area contributed by atoms with Crippen molar-refractivity contribution in [2.75, 3.05) is 5.32 Å². The topological polar surface area (TPSA) is 100 Å². The lowest BCUT2D eigenvalue weighted by atomic mass is 10.1. The molecular formula is C20H18F2N3O4S+.